The normalized spacial score (nSPS) is 15.5. The van der Waals surface area contributed by atoms with E-state index in [9.17, 15) is 21.6 Å². The van der Waals surface area contributed by atoms with Gasteiger partial charge in [-0.2, -0.15) is 4.31 Å². The third kappa shape index (κ3) is 5.18. The topological polar surface area (TPSA) is 136 Å². The molecule has 1 amide bonds. The summed E-state index contributed by atoms with van der Waals surface area (Å²) in [7, 11) is -6.48. The van der Waals surface area contributed by atoms with Crippen LogP contribution in [-0.2, 0) is 20.0 Å². The maximum Gasteiger partial charge on any atom is 0.255 e. The number of hydrogen-bond donors (Lipinski definition) is 2. The molecule has 12 heteroatoms. The molecular formula is C19H22ClN3O6S2. The molecule has 3 N–H and O–H groups in total. The van der Waals surface area contributed by atoms with Gasteiger partial charge >= 0.3 is 0 Å². The highest BCUT2D eigenvalue weighted by Gasteiger charge is 2.27. The lowest BCUT2D eigenvalue weighted by Gasteiger charge is -2.26. The number of rotatable bonds is 6. The van der Waals surface area contributed by atoms with E-state index in [0.29, 0.717) is 13.1 Å². The molecule has 168 valence electrons. The highest BCUT2D eigenvalue weighted by Crippen LogP contribution is 2.31. The molecule has 31 heavy (non-hydrogen) atoms. The van der Waals surface area contributed by atoms with Crippen LogP contribution in [0, 0.1) is 0 Å². The van der Waals surface area contributed by atoms with Gasteiger partial charge in [-0.3, -0.25) is 4.79 Å². The Labute approximate surface area is 186 Å². The van der Waals surface area contributed by atoms with E-state index in [1.54, 1.807) is 0 Å². The first-order valence-corrected chi connectivity index (χ1v) is 12.7. The van der Waals surface area contributed by atoms with E-state index in [-0.39, 0.29) is 26.9 Å². The van der Waals surface area contributed by atoms with Crippen molar-refractivity contribution in [2.75, 3.05) is 25.5 Å². The number of piperidine rings is 1. The molecule has 1 aliphatic rings. The first kappa shape index (κ1) is 23.5. The molecule has 1 saturated heterocycles. The number of nitrogens with one attached hydrogen (secondary N) is 1. The van der Waals surface area contributed by atoms with Crippen molar-refractivity contribution in [2.24, 2.45) is 5.14 Å². The van der Waals surface area contributed by atoms with Crippen molar-refractivity contribution in [3.8, 4) is 5.75 Å². The number of nitrogens with zero attached hydrogens (tertiary/aromatic N) is 1. The van der Waals surface area contributed by atoms with Crippen molar-refractivity contribution in [3.63, 3.8) is 0 Å². The molecule has 0 atom stereocenters. The third-order valence-corrected chi connectivity index (χ3v) is 8.16. The number of halogens is 1. The maximum absolute atomic E-state index is 13.0. The second-order valence-corrected chi connectivity index (χ2v) is 10.8. The lowest BCUT2D eigenvalue weighted by atomic mass is 10.2. The molecule has 0 radical (unpaired) electrons. The van der Waals surface area contributed by atoms with Crippen molar-refractivity contribution in [1.82, 2.24) is 4.31 Å². The van der Waals surface area contributed by atoms with Crippen molar-refractivity contribution < 1.29 is 26.4 Å². The van der Waals surface area contributed by atoms with Gasteiger partial charge in [0.15, 0.2) is 0 Å². The number of methoxy groups -OCH3 is 1. The number of primary sulfonamides is 1. The molecule has 2 aromatic carbocycles. The molecule has 0 unspecified atom stereocenters. The molecule has 0 spiro atoms. The zero-order chi connectivity index (χ0) is 22.8. The van der Waals surface area contributed by atoms with Gasteiger partial charge in [0.1, 0.15) is 10.6 Å². The molecule has 0 aliphatic carbocycles. The van der Waals surface area contributed by atoms with Crippen LogP contribution in [-0.4, -0.2) is 47.2 Å². The first-order valence-electron chi connectivity index (χ1n) is 9.36. The molecule has 1 heterocycles. The molecule has 9 nitrogen and oxygen atoms in total. The van der Waals surface area contributed by atoms with E-state index in [0.717, 1.165) is 25.3 Å². The van der Waals surface area contributed by atoms with Gasteiger partial charge in [-0.15, -0.1) is 0 Å². The highest BCUT2D eigenvalue weighted by molar-refractivity contribution is 7.89. The van der Waals surface area contributed by atoms with Gasteiger partial charge in [-0.25, -0.2) is 22.0 Å². The zero-order valence-electron chi connectivity index (χ0n) is 16.7. The van der Waals surface area contributed by atoms with Crippen LogP contribution in [0.4, 0.5) is 5.69 Å². The van der Waals surface area contributed by atoms with Crippen LogP contribution < -0.4 is 15.2 Å². The average molecular weight is 488 g/mol. The molecule has 0 saturated carbocycles. The van der Waals surface area contributed by atoms with E-state index < -0.39 is 30.8 Å². The minimum absolute atomic E-state index is 0.0202. The monoisotopic (exact) mass is 487 g/mol. The van der Waals surface area contributed by atoms with Gasteiger partial charge in [0, 0.05) is 18.7 Å². The Morgan fingerprint density at radius 1 is 1.06 bits per heavy atom. The van der Waals surface area contributed by atoms with Crippen LogP contribution >= 0.6 is 11.6 Å². The van der Waals surface area contributed by atoms with Crippen LogP contribution in [0.3, 0.4) is 0 Å². The quantitative estimate of drug-likeness (QED) is 0.642. The summed E-state index contributed by atoms with van der Waals surface area (Å²) in [6, 6.07) is 7.80. The van der Waals surface area contributed by atoms with E-state index in [2.05, 4.69) is 5.32 Å². The van der Waals surface area contributed by atoms with Crippen LogP contribution in [0.25, 0.3) is 0 Å². The Morgan fingerprint density at radius 3 is 2.35 bits per heavy atom. The number of ether oxygens (including phenoxy) is 1. The summed E-state index contributed by atoms with van der Waals surface area (Å²) in [5.74, 6) is -0.445. The van der Waals surface area contributed by atoms with Gasteiger partial charge in [-0.1, -0.05) is 18.0 Å². The van der Waals surface area contributed by atoms with Crippen molar-refractivity contribution in [1.29, 1.82) is 0 Å². The summed E-state index contributed by atoms with van der Waals surface area (Å²) in [6.07, 6.45) is 2.57. The maximum atomic E-state index is 13.0. The van der Waals surface area contributed by atoms with Crippen LogP contribution in [0.2, 0.25) is 5.02 Å². The van der Waals surface area contributed by atoms with Crippen molar-refractivity contribution >= 4 is 43.2 Å². The minimum Gasteiger partial charge on any atom is -0.495 e. The number of carbonyl (C=O) groups is 1. The number of carbonyl (C=O) groups excluding carboxylic acids is 1. The lowest BCUT2D eigenvalue weighted by molar-refractivity contribution is 0.102. The number of nitrogens with two attached hydrogens (primary N) is 1. The molecule has 0 aromatic heterocycles. The molecule has 2 aromatic rings. The van der Waals surface area contributed by atoms with E-state index >= 15 is 0 Å². The molecule has 1 aliphatic heterocycles. The van der Waals surface area contributed by atoms with Gasteiger partial charge in [0.25, 0.3) is 5.91 Å². The average Bonchev–Trinajstić information content (AvgIpc) is 2.73. The largest absolute Gasteiger partial charge is 0.495 e. The second-order valence-electron chi connectivity index (χ2n) is 6.97. The Bertz CT molecular complexity index is 1210. The first-order chi connectivity index (χ1) is 14.5. The summed E-state index contributed by atoms with van der Waals surface area (Å²) in [5.41, 5.74) is 0.0949. The van der Waals surface area contributed by atoms with E-state index in [4.69, 9.17) is 21.5 Å². The van der Waals surface area contributed by atoms with Gasteiger partial charge in [0.05, 0.1) is 22.7 Å². The molecule has 3 rings (SSSR count). The van der Waals surface area contributed by atoms with E-state index in [1.165, 1.54) is 41.7 Å². The van der Waals surface area contributed by atoms with Crippen molar-refractivity contribution in [3.05, 3.63) is 47.0 Å². The minimum atomic E-state index is -4.14. The fourth-order valence-electron chi connectivity index (χ4n) is 3.26. The van der Waals surface area contributed by atoms with Gasteiger partial charge < -0.3 is 10.1 Å². The highest BCUT2D eigenvalue weighted by atomic mass is 35.5. The second kappa shape index (κ2) is 9.13. The van der Waals surface area contributed by atoms with Crippen molar-refractivity contribution in [2.45, 2.75) is 29.1 Å². The van der Waals surface area contributed by atoms with Crippen LogP contribution in [0.5, 0.6) is 5.75 Å². The molecular weight excluding hydrogens is 466 g/mol. The lowest BCUT2D eigenvalue weighted by Crippen LogP contribution is -2.35. The Morgan fingerprint density at radius 2 is 1.74 bits per heavy atom. The SMILES string of the molecule is COc1ccc(S(=O)(=O)N2CCCCC2)cc1NC(=O)c1ccc(Cl)c(S(N)(=O)=O)c1. The standard InChI is InChI=1S/C19H22ClN3O6S2/c1-29-17-8-6-14(31(27,28)23-9-3-2-4-10-23)12-16(17)22-19(24)13-5-7-15(20)18(11-13)30(21,25)26/h5-8,11-12H,2-4,9-10H2,1H3,(H,22,24)(H2,21,25,26). The Hall–Kier alpha value is -2.18. The van der Waals surface area contributed by atoms with E-state index in [1.807, 2.05) is 0 Å². The predicted octanol–water partition coefficient (Wildman–Crippen LogP) is 2.42. The zero-order valence-corrected chi connectivity index (χ0v) is 19.1. The fourth-order valence-corrected chi connectivity index (χ4v) is 5.87. The fraction of sp³-hybridized carbons (Fsp3) is 0.316. The number of benzene rings is 2. The summed E-state index contributed by atoms with van der Waals surface area (Å²) < 4.78 is 55.9. The Kier molecular flexibility index (Phi) is 6.92. The van der Waals surface area contributed by atoms with Gasteiger partial charge in [0.2, 0.25) is 20.0 Å². The smallest absolute Gasteiger partial charge is 0.255 e. The summed E-state index contributed by atoms with van der Waals surface area (Å²) >= 11 is 5.86. The number of anilines is 1. The Balaban J connectivity index is 1.94. The number of hydrogen-bond acceptors (Lipinski definition) is 6. The molecule has 0 bridgehead atoms. The van der Waals surface area contributed by atoms with Crippen LogP contribution in [0.15, 0.2) is 46.2 Å². The summed E-state index contributed by atoms with van der Waals surface area (Å²) in [4.78, 5) is 12.4. The number of sulfonamides is 2. The van der Waals surface area contributed by atoms with Crippen LogP contribution in [0.1, 0.15) is 29.6 Å². The summed E-state index contributed by atoms with van der Waals surface area (Å²) in [6.45, 7) is 0.883. The number of amides is 1. The predicted molar refractivity (Wildman–Crippen MR) is 116 cm³/mol. The summed E-state index contributed by atoms with van der Waals surface area (Å²) in [5, 5.41) is 7.57. The van der Waals surface area contributed by atoms with Gasteiger partial charge in [-0.05, 0) is 49.2 Å². The molecule has 1 fully saturated rings. The third-order valence-electron chi connectivity index (χ3n) is 4.87.